The largest absolute Gasteiger partial charge is 0.486 e. The molecule has 1 saturated heterocycles. The van der Waals surface area contributed by atoms with Gasteiger partial charge >= 0.3 is 0 Å². The van der Waals surface area contributed by atoms with Crippen LogP contribution < -0.4 is 20.1 Å². The van der Waals surface area contributed by atoms with Crippen molar-refractivity contribution < 1.29 is 18.9 Å². The van der Waals surface area contributed by atoms with Crippen LogP contribution >= 0.6 is 11.6 Å². The van der Waals surface area contributed by atoms with Gasteiger partial charge in [0.1, 0.15) is 13.2 Å². The van der Waals surface area contributed by atoms with Gasteiger partial charge in [-0.1, -0.05) is 11.6 Å². The Hall–Kier alpha value is -1.70. The van der Waals surface area contributed by atoms with Crippen LogP contribution in [0.5, 0.6) is 11.5 Å². The van der Waals surface area contributed by atoms with Crippen molar-refractivity contribution in [2.75, 3.05) is 53.2 Å². The van der Waals surface area contributed by atoms with Gasteiger partial charge in [0.05, 0.1) is 17.7 Å². The summed E-state index contributed by atoms with van der Waals surface area (Å²) in [6, 6.07) is 3.92. The smallest absolute Gasteiger partial charge is 0.190 e. The Bertz CT molecular complexity index is 636. The highest BCUT2D eigenvalue weighted by atomic mass is 35.5. The summed E-state index contributed by atoms with van der Waals surface area (Å²) in [6.45, 7) is 4.91. The lowest BCUT2D eigenvalue weighted by molar-refractivity contribution is 0.0420. The number of nitrogens with zero attached hydrogens (tertiary/aromatic N) is 1. The van der Waals surface area contributed by atoms with Gasteiger partial charge < -0.3 is 29.6 Å². The van der Waals surface area contributed by atoms with E-state index in [2.05, 4.69) is 15.6 Å². The van der Waals surface area contributed by atoms with Crippen molar-refractivity contribution in [2.45, 2.75) is 25.4 Å². The maximum atomic E-state index is 6.28. The number of nitrogens with one attached hydrogen (secondary N) is 2. The second-order valence-electron chi connectivity index (χ2n) is 6.49. The summed E-state index contributed by atoms with van der Waals surface area (Å²) in [4.78, 5) is 4.24. The van der Waals surface area contributed by atoms with Gasteiger partial charge in [0.2, 0.25) is 0 Å². The van der Waals surface area contributed by atoms with Gasteiger partial charge in [-0.3, -0.25) is 4.99 Å². The van der Waals surface area contributed by atoms with Gasteiger partial charge in [0, 0.05) is 33.4 Å². The van der Waals surface area contributed by atoms with Gasteiger partial charge in [-0.05, 0) is 37.0 Å². The zero-order chi connectivity index (χ0) is 18.9. The van der Waals surface area contributed by atoms with E-state index in [-0.39, 0.29) is 6.10 Å². The number of fused-ring (bicyclic) bond motifs is 1. The predicted octanol–water partition coefficient (Wildman–Crippen LogP) is 2.01. The van der Waals surface area contributed by atoms with E-state index in [0.717, 1.165) is 69.4 Å². The lowest BCUT2D eigenvalue weighted by Crippen LogP contribution is -2.39. The highest BCUT2D eigenvalue weighted by Crippen LogP contribution is 2.38. The fourth-order valence-electron chi connectivity index (χ4n) is 3.03. The molecule has 0 spiro atoms. The van der Waals surface area contributed by atoms with Crippen LogP contribution in [0.3, 0.4) is 0 Å². The Morgan fingerprint density at radius 3 is 2.89 bits per heavy atom. The zero-order valence-corrected chi connectivity index (χ0v) is 16.5. The summed E-state index contributed by atoms with van der Waals surface area (Å²) in [5.74, 6) is 2.14. The number of rotatable bonds is 8. The molecule has 27 heavy (non-hydrogen) atoms. The van der Waals surface area contributed by atoms with Crippen molar-refractivity contribution in [1.82, 2.24) is 10.6 Å². The van der Waals surface area contributed by atoms with Gasteiger partial charge in [0.15, 0.2) is 17.5 Å². The topological polar surface area (TPSA) is 73.3 Å². The monoisotopic (exact) mass is 397 g/mol. The van der Waals surface area contributed by atoms with E-state index in [1.807, 2.05) is 12.1 Å². The molecule has 1 fully saturated rings. The molecule has 0 radical (unpaired) electrons. The Kier molecular flexibility index (Phi) is 7.86. The molecule has 2 heterocycles. The average molecular weight is 398 g/mol. The van der Waals surface area contributed by atoms with Crippen molar-refractivity contribution in [2.24, 2.45) is 4.99 Å². The summed E-state index contributed by atoms with van der Waals surface area (Å²) in [5.41, 5.74) is 1.10. The molecule has 1 atom stereocenters. The van der Waals surface area contributed by atoms with Gasteiger partial charge in [-0.25, -0.2) is 0 Å². The molecule has 2 aliphatic heterocycles. The molecule has 0 saturated carbocycles. The van der Waals surface area contributed by atoms with Crippen LogP contribution in [0.1, 0.15) is 18.4 Å². The van der Waals surface area contributed by atoms with Crippen molar-refractivity contribution in [1.29, 1.82) is 0 Å². The number of guanidine groups is 1. The maximum Gasteiger partial charge on any atom is 0.190 e. The molecule has 0 aliphatic carbocycles. The molecule has 1 aromatic carbocycles. The van der Waals surface area contributed by atoms with Gasteiger partial charge in [-0.15, -0.1) is 0 Å². The van der Waals surface area contributed by atoms with Crippen LogP contribution in [0.15, 0.2) is 17.1 Å². The summed E-state index contributed by atoms with van der Waals surface area (Å²) >= 11 is 6.28. The number of ether oxygens (including phenoxy) is 4. The molecule has 1 unspecified atom stereocenters. The molecule has 2 aliphatic rings. The van der Waals surface area contributed by atoms with Crippen LogP contribution in [-0.4, -0.2) is 65.2 Å². The molecule has 0 amide bonds. The molecule has 3 rings (SSSR count). The fourth-order valence-corrected chi connectivity index (χ4v) is 3.32. The molecule has 0 aromatic heterocycles. The Morgan fingerprint density at radius 1 is 1.22 bits per heavy atom. The molecule has 8 heteroatoms. The minimum Gasteiger partial charge on any atom is -0.486 e. The third-order valence-corrected chi connectivity index (χ3v) is 4.72. The second-order valence-corrected chi connectivity index (χ2v) is 6.89. The fraction of sp³-hybridized carbons (Fsp3) is 0.632. The molecule has 150 valence electrons. The Labute approximate surface area is 165 Å². The summed E-state index contributed by atoms with van der Waals surface area (Å²) < 4.78 is 22.2. The van der Waals surface area contributed by atoms with Crippen LogP contribution in [-0.2, 0) is 15.9 Å². The third-order valence-electron chi connectivity index (χ3n) is 4.44. The second kappa shape index (κ2) is 10.6. The lowest BCUT2D eigenvalue weighted by Gasteiger charge is -2.20. The van der Waals surface area contributed by atoms with Crippen LogP contribution in [0.2, 0.25) is 5.02 Å². The first-order valence-corrected chi connectivity index (χ1v) is 9.86. The van der Waals surface area contributed by atoms with E-state index < -0.39 is 0 Å². The molecule has 7 nitrogen and oxygen atoms in total. The van der Waals surface area contributed by atoms with E-state index >= 15 is 0 Å². The maximum absolute atomic E-state index is 6.28. The number of hydrogen-bond donors (Lipinski definition) is 2. The first kappa shape index (κ1) is 20.0. The van der Waals surface area contributed by atoms with E-state index in [0.29, 0.717) is 24.0 Å². The van der Waals surface area contributed by atoms with Crippen LogP contribution in [0.4, 0.5) is 0 Å². The number of hydrogen-bond acceptors (Lipinski definition) is 5. The van der Waals surface area contributed by atoms with E-state index in [1.165, 1.54) is 0 Å². The third kappa shape index (κ3) is 6.16. The lowest BCUT2D eigenvalue weighted by atomic mass is 10.1. The number of aliphatic imine (C=N–C) groups is 1. The Balaban J connectivity index is 1.34. The SMILES string of the molecule is CN=C(NCCCOC1CCOC1)NCCc1cc(Cl)c2c(c1)OCCO2. The molecule has 2 N–H and O–H groups in total. The first-order chi connectivity index (χ1) is 13.3. The molecule has 0 bridgehead atoms. The first-order valence-electron chi connectivity index (χ1n) is 9.48. The number of halogens is 1. The predicted molar refractivity (Wildman–Crippen MR) is 105 cm³/mol. The van der Waals surface area contributed by atoms with E-state index in [1.54, 1.807) is 7.05 Å². The quantitative estimate of drug-likeness (QED) is 0.397. The minimum atomic E-state index is 0.264. The molecular formula is C19H28ClN3O4. The highest BCUT2D eigenvalue weighted by Gasteiger charge is 2.17. The normalized spacial score (nSPS) is 19.2. The van der Waals surface area contributed by atoms with Gasteiger partial charge in [-0.2, -0.15) is 0 Å². The highest BCUT2D eigenvalue weighted by molar-refractivity contribution is 6.32. The average Bonchev–Trinajstić information content (AvgIpc) is 3.20. The van der Waals surface area contributed by atoms with Crippen molar-refractivity contribution in [3.8, 4) is 11.5 Å². The molecular weight excluding hydrogens is 370 g/mol. The van der Waals surface area contributed by atoms with E-state index in [9.17, 15) is 0 Å². The Morgan fingerprint density at radius 2 is 2.07 bits per heavy atom. The van der Waals surface area contributed by atoms with E-state index in [4.69, 9.17) is 30.5 Å². The molecule has 1 aromatic rings. The van der Waals surface area contributed by atoms with Crippen molar-refractivity contribution >= 4 is 17.6 Å². The summed E-state index contributed by atoms with van der Waals surface area (Å²) in [6.07, 6.45) is 3.00. The summed E-state index contributed by atoms with van der Waals surface area (Å²) in [7, 11) is 1.77. The van der Waals surface area contributed by atoms with Crippen LogP contribution in [0, 0.1) is 0 Å². The van der Waals surface area contributed by atoms with Gasteiger partial charge in [0.25, 0.3) is 0 Å². The number of benzene rings is 1. The zero-order valence-electron chi connectivity index (χ0n) is 15.8. The summed E-state index contributed by atoms with van der Waals surface area (Å²) in [5, 5.41) is 7.21. The van der Waals surface area contributed by atoms with Crippen molar-refractivity contribution in [3.63, 3.8) is 0 Å². The van der Waals surface area contributed by atoms with Crippen molar-refractivity contribution in [3.05, 3.63) is 22.7 Å². The minimum absolute atomic E-state index is 0.264. The standard InChI is InChI=1S/C19H28ClN3O4/c1-21-19(22-5-2-7-25-15-4-8-24-13-15)23-6-3-14-11-16(20)18-17(12-14)26-9-10-27-18/h11-12,15H,2-10,13H2,1H3,(H2,21,22,23). The van der Waals surface area contributed by atoms with Crippen LogP contribution in [0.25, 0.3) is 0 Å².